The molecule has 0 unspecified atom stereocenters. The molecule has 1 saturated heterocycles. The van der Waals surface area contributed by atoms with Gasteiger partial charge in [0.25, 0.3) is 0 Å². The summed E-state index contributed by atoms with van der Waals surface area (Å²) in [6.07, 6.45) is 4.84. The Bertz CT molecular complexity index is 841. The normalized spacial score (nSPS) is 21.0. The lowest BCUT2D eigenvalue weighted by Crippen LogP contribution is -2.31. The number of nitrogens with one attached hydrogen (secondary N) is 1. The van der Waals surface area contributed by atoms with Crippen molar-refractivity contribution in [2.75, 3.05) is 18.5 Å². The van der Waals surface area contributed by atoms with E-state index in [9.17, 15) is 8.78 Å². The molecule has 1 fully saturated rings. The summed E-state index contributed by atoms with van der Waals surface area (Å²) in [6.45, 7) is 0.976. The van der Waals surface area contributed by atoms with Crippen LogP contribution in [0.2, 0.25) is 0 Å². The van der Waals surface area contributed by atoms with E-state index in [1.165, 1.54) is 6.20 Å². The highest BCUT2D eigenvalue weighted by molar-refractivity contribution is 5.75. The first-order valence-corrected chi connectivity index (χ1v) is 7.02. The fourth-order valence-electron chi connectivity index (χ4n) is 2.60. The summed E-state index contributed by atoms with van der Waals surface area (Å²) >= 11 is 0. The molecule has 23 heavy (non-hydrogen) atoms. The molecule has 7 nitrogen and oxygen atoms in total. The van der Waals surface area contributed by atoms with Gasteiger partial charge in [0.2, 0.25) is 0 Å². The highest BCUT2D eigenvalue weighted by Crippen LogP contribution is 2.23. The minimum atomic E-state index is -0.950. The topological polar surface area (TPSA) is 77.8 Å². The van der Waals surface area contributed by atoms with E-state index >= 15 is 0 Å². The van der Waals surface area contributed by atoms with Gasteiger partial charge >= 0.3 is 0 Å². The third kappa shape index (κ3) is 2.59. The number of ether oxygens (including phenoxy) is 1. The second kappa shape index (κ2) is 5.51. The minimum absolute atomic E-state index is 0.0278. The molecule has 3 heterocycles. The van der Waals surface area contributed by atoms with Gasteiger partial charge < -0.3 is 10.1 Å². The molecular weight excluding hydrogens is 306 g/mol. The second-order valence-corrected chi connectivity index (χ2v) is 5.25. The van der Waals surface area contributed by atoms with Crippen LogP contribution in [-0.2, 0) is 4.74 Å². The molecule has 1 aromatic carbocycles. The average molecular weight is 318 g/mol. The van der Waals surface area contributed by atoms with Crippen LogP contribution < -0.4 is 5.32 Å². The number of fused-ring (bicyclic) bond motifs is 1. The van der Waals surface area contributed by atoms with Gasteiger partial charge in [0.05, 0.1) is 48.7 Å². The number of halogens is 2. The first-order chi connectivity index (χ1) is 11.2. The smallest absolute Gasteiger partial charge is 0.161 e. The van der Waals surface area contributed by atoms with Crippen molar-refractivity contribution in [3.8, 4) is 0 Å². The van der Waals surface area contributed by atoms with Crippen LogP contribution in [0.25, 0.3) is 11.0 Å². The maximum Gasteiger partial charge on any atom is 0.161 e. The third-order valence-electron chi connectivity index (χ3n) is 3.75. The van der Waals surface area contributed by atoms with Crippen LogP contribution in [0.1, 0.15) is 6.04 Å². The Labute approximate surface area is 129 Å². The average Bonchev–Trinajstić information content (AvgIpc) is 3.19. The Balaban J connectivity index is 1.61. The van der Waals surface area contributed by atoms with E-state index in [4.69, 9.17) is 4.74 Å². The fourth-order valence-corrected chi connectivity index (χ4v) is 2.60. The lowest BCUT2D eigenvalue weighted by atomic mass is 10.2. The first-order valence-electron chi connectivity index (χ1n) is 7.02. The highest BCUT2D eigenvalue weighted by Gasteiger charge is 2.30. The quantitative estimate of drug-likeness (QED) is 0.789. The molecule has 2 atom stereocenters. The Hall–Kier alpha value is -2.68. The molecule has 9 heteroatoms. The fraction of sp³-hybridized carbons (Fsp3) is 0.286. The molecular formula is C14H12F2N6O. The minimum Gasteiger partial charge on any atom is -0.377 e. The molecule has 0 bridgehead atoms. The molecule has 0 amide bonds. The van der Waals surface area contributed by atoms with Gasteiger partial charge in [0.1, 0.15) is 5.82 Å². The van der Waals surface area contributed by atoms with Crippen LogP contribution in [0.15, 0.2) is 30.7 Å². The van der Waals surface area contributed by atoms with Crippen LogP contribution in [0.3, 0.4) is 0 Å². The van der Waals surface area contributed by atoms with Gasteiger partial charge in [0, 0.05) is 18.3 Å². The Morgan fingerprint density at radius 3 is 2.78 bits per heavy atom. The number of hydrogen-bond acceptors (Lipinski definition) is 6. The van der Waals surface area contributed by atoms with E-state index in [1.807, 2.05) is 0 Å². The SMILES string of the molecule is Fc1cc2ncc(N[C@H]3COC[C@H]3n3ccnn3)nc2cc1F. The summed E-state index contributed by atoms with van der Waals surface area (Å²) in [6, 6.07) is 1.95. The Morgan fingerprint density at radius 2 is 2.00 bits per heavy atom. The summed E-state index contributed by atoms with van der Waals surface area (Å²) in [4.78, 5) is 8.38. The summed E-state index contributed by atoms with van der Waals surface area (Å²) < 4.78 is 33.7. The number of aromatic nitrogens is 5. The molecule has 118 valence electrons. The Kier molecular flexibility index (Phi) is 3.34. The summed E-state index contributed by atoms with van der Waals surface area (Å²) in [5, 5.41) is 11.0. The molecule has 3 aromatic rings. The Morgan fingerprint density at radius 1 is 1.17 bits per heavy atom. The zero-order chi connectivity index (χ0) is 15.8. The van der Waals surface area contributed by atoms with Gasteiger partial charge in [-0.25, -0.2) is 18.4 Å². The summed E-state index contributed by atoms with van der Waals surface area (Å²) in [5.74, 6) is -1.43. The maximum atomic E-state index is 13.3. The van der Waals surface area contributed by atoms with Gasteiger partial charge in [-0.2, -0.15) is 0 Å². The van der Waals surface area contributed by atoms with Crippen molar-refractivity contribution < 1.29 is 13.5 Å². The zero-order valence-corrected chi connectivity index (χ0v) is 11.9. The van der Waals surface area contributed by atoms with Crippen molar-refractivity contribution in [2.45, 2.75) is 12.1 Å². The van der Waals surface area contributed by atoms with Gasteiger partial charge in [-0.05, 0) is 0 Å². The van der Waals surface area contributed by atoms with Crippen LogP contribution in [0.5, 0.6) is 0 Å². The van der Waals surface area contributed by atoms with Gasteiger partial charge in [-0.3, -0.25) is 4.98 Å². The van der Waals surface area contributed by atoms with Crippen LogP contribution in [0, 0.1) is 11.6 Å². The van der Waals surface area contributed by atoms with Gasteiger partial charge in [0.15, 0.2) is 11.6 Å². The van der Waals surface area contributed by atoms with Gasteiger partial charge in [-0.1, -0.05) is 5.21 Å². The van der Waals surface area contributed by atoms with Crippen molar-refractivity contribution in [1.29, 1.82) is 0 Å². The number of nitrogens with zero attached hydrogens (tertiary/aromatic N) is 5. The van der Waals surface area contributed by atoms with Crippen LogP contribution in [0.4, 0.5) is 14.6 Å². The molecule has 0 spiro atoms. The van der Waals surface area contributed by atoms with Crippen molar-refractivity contribution in [2.24, 2.45) is 0 Å². The van der Waals surface area contributed by atoms with Crippen molar-refractivity contribution in [1.82, 2.24) is 25.0 Å². The van der Waals surface area contributed by atoms with E-state index in [-0.39, 0.29) is 17.6 Å². The predicted octanol–water partition coefficient (Wildman–Crippen LogP) is 1.55. The molecule has 1 aliphatic heterocycles. The number of rotatable bonds is 3. The molecule has 2 aromatic heterocycles. The molecule has 0 radical (unpaired) electrons. The maximum absolute atomic E-state index is 13.3. The third-order valence-corrected chi connectivity index (χ3v) is 3.75. The standard InChI is InChI=1S/C14H12F2N6O/c15-8-3-10-11(4-9(8)16)19-14(5-17-10)20-12-6-23-7-13(12)22-2-1-18-21-22/h1-5,12-13H,6-7H2,(H,19,20)/t12-,13+/m0/s1. The largest absolute Gasteiger partial charge is 0.377 e. The number of anilines is 1. The van der Waals surface area contributed by atoms with E-state index in [1.54, 1.807) is 17.1 Å². The number of benzene rings is 1. The van der Waals surface area contributed by atoms with E-state index in [2.05, 4.69) is 25.6 Å². The van der Waals surface area contributed by atoms with E-state index in [0.717, 1.165) is 12.1 Å². The zero-order valence-electron chi connectivity index (χ0n) is 11.9. The van der Waals surface area contributed by atoms with Crippen molar-refractivity contribution in [3.63, 3.8) is 0 Å². The van der Waals surface area contributed by atoms with Crippen molar-refractivity contribution in [3.05, 3.63) is 42.4 Å². The predicted molar refractivity (Wildman–Crippen MR) is 76.7 cm³/mol. The van der Waals surface area contributed by atoms with E-state index < -0.39 is 11.6 Å². The molecule has 0 aliphatic carbocycles. The molecule has 4 rings (SSSR count). The highest BCUT2D eigenvalue weighted by atomic mass is 19.2. The van der Waals surface area contributed by atoms with Gasteiger partial charge in [-0.15, -0.1) is 5.10 Å². The molecule has 0 saturated carbocycles. The summed E-state index contributed by atoms with van der Waals surface area (Å²) in [5.41, 5.74) is 0.579. The lowest BCUT2D eigenvalue weighted by Gasteiger charge is -2.19. The molecule has 1 N–H and O–H groups in total. The monoisotopic (exact) mass is 318 g/mol. The lowest BCUT2D eigenvalue weighted by molar-refractivity contribution is 0.183. The number of hydrogen-bond donors (Lipinski definition) is 1. The van der Waals surface area contributed by atoms with Crippen LogP contribution >= 0.6 is 0 Å². The van der Waals surface area contributed by atoms with Crippen molar-refractivity contribution >= 4 is 16.9 Å². The van der Waals surface area contributed by atoms with Crippen LogP contribution in [-0.4, -0.2) is 44.2 Å². The second-order valence-electron chi connectivity index (χ2n) is 5.25. The van der Waals surface area contributed by atoms with E-state index in [0.29, 0.717) is 24.5 Å². The molecule has 1 aliphatic rings. The first kappa shape index (κ1) is 13.9. The summed E-state index contributed by atoms with van der Waals surface area (Å²) in [7, 11) is 0.